The molecule has 4 heteroatoms. The Morgan fingerprint density at radius 3 is 2.50 bits per heavy atom. The minimum atomic E-state index is 0.0505. The smallest absolute Gasteiger partial charge is 0.208 e. The van der Waals surface area contributed by atoms with Crippen LogP contribution < -0.4 is 5.32 Å². The average molecular weight is 265 g/mol. The van der Waals surface area contributed by atoms with Gasteiger partial charge < -0.3 is 9.73 Å². The molecule has 0 radical (unpaired) electrons. The Hall–Kier alpha value is -1.32. The van der Waals surface area contributed by atoms with Gasteiger partial charge in [-0.3, -0.25) is 0 Å². The number of nitrogens with one attached hydrogen (secondary N) is 1. The summed E-state index contributed by atoms with van der Waals surface area (Å²) in [5, 5.41) is 4.05. The molecule has 0 spiro atoms. The number of hydrogen-bond donors (Lipinski definition) is 1. The van der Waals surface area contributed by atoms with Crippen LogP contribution in [0.1, 0.15) is 26.7 Å². The molecule has 0 aliphatic rings. The Kier molecular flexibility index (Phi) is 3.73. The van der Waals surface area contributed by atoms with Crippen molar-refractivity contribution < 1.29 is 4.42 Å². The monoisotopic (exact) mass is 264 g/mol. The molecule has 2 rings (SSSR count). The van der Waals surface area contributed by atoms with Gasteiger partial charge in [-0.05, 0) is 45.0 Å². The summed E-state index contributed by atoms with van der Waals surface area (Å²) < 4.78 is 5.69. The lowest BCUT2D eigenvalue weighted by Crippen LogP contribution is -2.35. The molecule has 0 saturated carbocycles. The predicted molar refractivity (Wildman–Crippen MR) is 73.5 cm³/mol. The Balaban J connectivity index is 2.08. The van der Waals surface area contributed by atoms with Crippen molar-refractivity contribution in [2.75, 3.05) is 0 Å². The van der Waals surface area contributed by atoms with E-state index in [1.165, 1.54) is 0 Å². The van der Waals surface area contributed by atoms with Crippen molar-refractivity contribution in [3.63, 3.8) is 0 Å². The number of rotatable bonds is 3. The summed E-state index contributed by atoms with van der Waals surface area (Å²) in [4.78, 5) is 4.26. The summed E-state index contributed by atoms with van der Waals surface area (Å²) >= 11 is 5.85. The summed E-state index contributed by atoms with van der Waals surface area (Å²) in [7, 11) is 0. The maximum Gasteiger partial charge on any atom is 0.208 e. The number of oxazole rings is 1. The van der Waals surface area contributed by atoms with Crippen LogP contribution >= 0.6 is 11.6 Å². The Morgan fingerprint density at radius 1 is 1.22 bits per heavy atom. The molecule has 0 atom stereocenters. The molecule has 18 heavy (non-hydrogen) atoms. The first-order valence-electron chi connectivity index (χ1n) is 5.90. The van der Waals surface area contributed by atoms with Gasteiger partial charge in [0.05, 0.1) is 12.7 Å². The summed E-state index contributed by atoms with van der Waals surface area (Å²) in [6.07, 6.45) is 1.74. The highest BCUT2D eigenvalue weighted by Crippen LogP contribution is 2.22. The predicted octanol–water partition coefficient (Wildman–Crippen LogP) is 3.88. The van der Waals surface area contributed by atoms with Crippen molar-refractivity contribution in [3.05, 3.63) is 41.4 Å². The largest absolute Gasteiger partial charge is 0.439 e. The topological polar surface area (TPSA) is 38.1 Å². The zero-order valence-corrected chi connectivity index (χ0v) is 11.6. The summed E-state index contributed by atoms with van der Waals surface area (Å²) in [5.74, 6) is 1.45. The molecule has 0 unspecified atom stereocenters. The molecule has 3 nitrogen and oxygen atoms in total. The van der Waals surface area contributed by atoms with Crippen molar-refractivity contribution in [2.24, 2.45) is 0 Å². The van der Waals surface area contributed by atoms with E-state index >= 15 is 0 Å². The summed E-state index contributed by atoms with van der Waals surface area (Å²) in [5.41, 5.74) is 1.03. The van der Waals surface area contributed by atoms with E-state index in [0.717, 1.165) is 11.3 Å². The van der Waals surface area contributed by atoms with Gasteiger partial charge in [-0.1, -0.05) is 11.6 Å². The minimum absolute atomic E-state index is 0.0505. The van der Waals surface area contributed by atoms with Gasteiger partial charge in [0.15, 0.2) is 5.76 Å². The minimum Gasteiger partial charge on any atom is -0.439 e. The maximum atomic E-state index is 5.85. The van der Waals surface area contributed by atoms with Crippen molar-refractivity contribution in [1.29, 1.82) is 0 Å². The van der Waals surface area contributed by atoms with Crippen LogP contribution in [0.25, 0.3) is 11.3 Å². The molecule has 0 fully saturated rings. The summed E-state index contributed by atoms with van der Waals surface area (Å²) in [6.45, 7) is 6.94. The molecule has 2 aromatic rings. The van der Waals surface area contributed by atoms with E-state index in [1.54, 1.807) is 6.20 Å². The van der Waals surface area contributed by atoms with Crippen LogP contribution in [-0.4, -0.2) is 10.5 Å². The molecule has 0 saturated heterocycles. The fourth-order valence-corrected chi connectivity index (χ4v) is 1.61. The Morgan fingerprint density at radius 2 is 1.89 bits per heavy atom. The van der Waals surface area contributed by atoms with Crippen molar-refractivity contribution in [3.8, 4) is 11.3 Å². The number of aromatic nitrogens is 1. The molecule has 96 valence electrons. The number of benzene rings is 1. The van der Waals surface area contributed by atoms with Crippen molar-refractivity contribution >= 4 is 11.6 Å². The van der Waals surface area contributed by atoms with Crippen LogP contribution in [0.4, 0.5) is 0 Å². The first-order valence-corrected chi connectivity index (χ1v) is 6.27. The average Bonchev–Trinajstić information content (AvgIpc) is 2.75. The lowest BCUT2D eigenvalue weighted by molar-refractivity contribution is 0.383. The van der Waals surface area contributed by atoms with E-state index in [4.69, 9.17) is 16.0 Å². The van der Waals surface area contributed by atoms with E-state index < -0.39 is 0 Å². The van der Waals surface area contributed by atoms with E-state index in [0.29, 0.717) is 17.5 Å². The molecular formula is C14H17ClN2O. The normalized spacial score (nSPS) is 11.8. The third-order valence-electron chi connectivity index (χ3n) is 2.45. The Labute approximate surface area is 112 Å². The molecular weight excluding hydrogens is 248 g/mol. The molecule has 0 aliphatic heterocycles. The maximum absolute atomic E-state index is 5.85. The van der Waals surface area contributed by atoms with E-state index in [-0.39, 0.29) is 5.54 Å². The molecule has 0 amide bonds. The van der Waals surface area contributed by atoms with Gasteiger partial charge in [0.25, 0.3) is 0 Å². The van der Waals surface area contributed by atoms with Gasteiger partial charge in [0, 0.05) is 16.1 Å². The van der Waals surface area contributed by atoms with E-state index in [9.17, 15) is 0 Å². The first-order chi connectivity index (χ1) is 8.44. The molecule has 1 N–H and O–H groups in total. The van der Waals surface area contributed by atoms with Gasteiger partial charge in [0.2, 0.25) is 5.89 Å². The fraction of sp³-hybridized carbons (Fsp3) is 0.357. The van der Waals surface area contributed by atoms with Crippen molar-refractivity contribution in [1.82, 2.24) is 10.3 Å². The molecule has 1 aromatic heterocycles. The zero-order valence-electron chi connectivity index (χ0n) is 10.8. The number of hydrogen-bond acceptors (Lipinski definition) is 3. The van der Waals surface area contributed by atoms with Gasteiger partial charge in [-0.25, -0.2) is 4.98 Å². The molecule has 1 aromatic carbocycles. The highest BCUT2D eigenvalue weighted by atomic mass is 35.5. The molecule has 0 aliphatic carbocycles. The quantitative estimate of drug-likeness (QED) is 0.914. The number of halogens is 1. The summed E-state index contributed by atoms with van der Waals surface area (Å²) in [6, 6.07) is 7.52. The van der Waals surface area contributed by atoms with Gasteiger partial charge >= 0.3 is 0 Å². The standard InChI is InChI=1S/C14H17ClN2O/c1-14(2,3)17-9-13-16-8-12(18-13)10-4-6-11(15)7-5-10/h4-8,17H,9H2,1-3H3. The van der Waals surface area contributed by atoms with E-state index in [1.807, 2.05) is 24.3 Å². The number of nitrogens with zero attached hydrogens (tertiary/aromatic N) is 1. The van der Waals surface area contributed by atoms with E-state index in [2.05, 4.69) is 31.1 Å². The third kappa shape index (κ3) is 3.59. The first kappa shape index (κ1) is 13.1. The third-order valence-corrected chi connectivity index (χ3v) is 2.70. The molecule has 0 bridgehead atoms. The van der Waals surface area contributed by atoms with Gasteiger partial charge in [0.1, 0.15) is 0 Å². The second kappa shape index (κ2) is 5.12. The van der Waals surface area contributed by atoms with Gasteiger partial charge in [-0.15, -0.1) is 0 Å². The van der Waals surface area contributed by atoms with Crippen LogP contribution in [0.3, 0.4) is 0 Å². The van der Waals surface area contributed by atoms with Crippen molar-refractivity contribution in [2.45, 2.75) is 32.9 Å². The molecule has 1 heterocycles. The second-order valence-electron chi connectivity index (χ2n) is 5.23. The second-order valence-corrected chi connectivity index (χ2v) is 5.67. The lowest BCUT2D eigenvalue weighted by atomic mass is 10.1. The lowest BCUT2D eigenvalue weighted by Gasteiger charge is -2.18. The van der Waals surface area contributed by atoms with Crippen LogP contribution in [0.5, 0.6) is 0 Å². The Bertz CT molecular complexity index is 511. The van der Waals surface area contributed by atoms with Gasteiger partial charge in [-0.2, -0.15) is 0 Å². The SMILES string of the molecule is CC(C)(C)NCc1ncc(-c2ccc(Cl)cc2)o1. The highest BCUT2D eigenvalue weighted by Gasteiger charge is 2.11. The fourth-order valence-electron chi connectivity index (χ4n) is 1.48. The van der Waals surface area contributed by atoms with Crippen LogP contribution in [0, 0.1) is 0 Å². The van der Waals surface area contributed by atoms with Crippen LogP contribution in [-0.2, 0) is 6.54 Å². The van der Waals surface area contributed by atoms with Crippen LogP contribution in [0.15, 0.2) is 34.9 Å². The van der Waals surface area contributed by atoms with Crippen LogP contribution in [0.2, 0.25) is 5.02 Å². The highest BCUT2D eigenvalue weighted by molar-refractivity contribution is 6.30. The zero-order chi connectivity index (χ0) is 13.2.